The summed E-state index contributed by atoms with van der Waals surface area (Å²) in [5.74, 6) is 6.82. The fraction of sp³-hybridized carbons (Fsp3) is 0.525. The van der Waals surface area contributed by atoms with Crippen LogP contribution in [0.1, 0.15) is 80.5 Å². The first-order valence-corrected chi connectivity index (χ1v) is 18.0. The van der Waals surface area contributed by atoms with E-state index in [1.54, 1.807) is 30.6 Å². The van der Waals surface area contributed by atoms with Crippen LogP contribution in [-0.4, -0.2) is 74.8 Å². The lowest BCUT2D eigenvalue weighted by Gasteiger charge is -2.34. The van der Waals surface area contributed by atoms with Crippen molar-refractivity contribution in [3.63, 3.8) is 0 Å². The van der Waals surface area contributed by atoms with Gasteiger partial charge in [0, 0.05) is 29.9 Å². The molecule has 2 aliphatic rings. The second-order valence-corrected chi connectivity index (χ2v) is 13.6. The monoisotopic (exact) mass is 686 g/mol. The molecule has 0 saturated carbocycles. The number of aliphatic hydroxyl groups excluding tert-OH is 4. The van der Waals surface area contributed by atoms with Gasteiger partial charge >= 0.3 is 0 Å². The molecule has 0 saturated heterocycles. The largest absolute Gasteiger partial charge is 0.668 e. The van der Waals surface area contributed by atoms with E-state index in [0.717, 1.165) is 48.9 Å². The molecule has 0 unspecified atom stereocenters. The van der Waals surface area contributed by atoms with Crippen LogP contribution in [0.5, 0.6) is 11.5 Å². The molecule has 2 aromatic heterocycles. The highest BCUT2D eigenvalue weighted by Crippen LogP contribution is 2.40. The summed E-state index contributed by atoms with van der Waals surface area (Å²) >= 11 is 0. The van der Waals surface area contributed by atoms with Crippen molar-refractivity contribution in [3.05, 3.63) is 83.8 Å². The summed E-state index contributed by atoms with van der Waals surface area (Å²) in [6.45, 7) is 1.74. The normalized spacial score (nSPS) is 25.7. The van der Waals surface area contributed by atoms with E-state index >= 15 is 0 Å². The molecule has 5 rings (SSSR count). The summed E-state index contributed by atoms with van der Waals surface area (Å²) in [4.78, 5) is 8.55. The molecule has 10 heteroatoms. The number of fused-ring (bicyclic) bond motifs is 1. The van der Waals surface area contributed by atoms with Crippen molar-refractivity contribution in [1.29, 1.82) is 0 Å². The van der Waals surface area contributed by atoms with Crippen LogP contribution in [0.2, 0.25) is 0 Å². The van der Waals surface area contributed by atoms with Crippen molar-refractivity contribution in [2.75, 3.05) is 25.6 Å². The quantitative estimate of drug-likeness (QED) is 0.105. The van der Waals surface area contributed by atoms with E-state index in [2.05, 4.69) is 40.9 Å². The predicted octanol–water partition coefficient (Wildman–Crippen LogP) is 4.46. The average molecular weight is 687 g/mol. The summed E-state index contributed by atoms with van der Waals surface area (Å²) in [5.41, 5.74) is 8.60. The standard InChI is InChI=1S/C40H52N3O7/c1-2-26-6-3-4-8-36(49-19-18-44)40-27(10-9-26)11-12-28(21-34(40)47)29-13-14-33(46)37(22-29)50-38(35(48)25-45)23-31(20-32-7-5-16-42-32)30-15-17-43-39(41)24-30/h5,7,11-17,22,24,26-28,31,34-36,38,40,44-48H,2-4,6,8,18-21,23,25H2,1H3,(H2,41,43)/q-1/t26-,27-,28+,31+,34-,35-,36+,38-,40+/m1/s1. The SMILES string of the molecule is CC[C@H]1C#C[C@@H]2C=C[C@H](c3ccc(O)c(O[C@H](C[C@H](Cc4ccc[n-]4)c4ccnc(N)c4)[C@H](O)CO)c3)C[C@@H](O)[C@H]2[C@@H](OCCO)CCCC1. The van der Waals surface area contributed by atoms with E-state index in [9.17, 15) is 25.5 Å². The molecule has 0 aliphatic heterocycles. The number of nitrogens with two attached hydrogens (primary N) is 1. The minimum absolute atomic E-state index is 0.0872. The minimum atomic E-state index is -1.24. The predicted molar refractivity (Wildman–Crippen MR) is 191 cm³/mol. The van der Waals surface area contributed by atoms with Gasteiger partial charge in [-0.2, -0.15) is 11.9 Å². The first-order chi connectivity index (χ1) is 24.3. The number of allylic oxidation sites excluding steroid dienone is 2. The maximum absolute atomic E-state index is 11.8. The Morgan fingerprint density at radius 3 is 2.66 bits per heavy atom. The lowest BCUT2D eigenvalue weighted by molar-refractivity contribution is -0.0602. The number of phenolic OH excluding ortho intramolecular Hbond substituents is 1. The third kappa shape index (κ3) is 9.89. The van der Waals surface area contributed by atoms with Gasteiger partial charge < -0.3 is 45.7 Å². The summed E-state index contributed by atoms with van der Waals surface area (Å²) in [6.07, 6.45) is 10.5. The molecule has 3 aromatic rings. The van der Waals surface area contributed by atoms with Crippen molar-refractivity contribution < 1.29 is 35.0 Å². The third-order valence-electron chi connectivity index (χ3n) is 10.2. The number of aliphatic hydroxyl groups is 4. The Labute approximate surface area is 295 Å². The van der Waals surface area contributed by atoms with Crippen LogP contribution in [-0.2, 0) is 11.2 Å². The lowest BCUT2D eigenvalue weighted by Crippen LogP contribution is -2.39. The fourth-order valence-electron chi connectivity index (χ4n) is 7.37. The number of benzene rings is 1. The fourth-order valence-corrected chi connectivity index (χ4v) is 7.37. The molecule has 2 aliphatic carbocycles. The average Bonchev–Trinajstić information content (AvgIpc) is 3.58. The van der Waals surface area contributed by atoms with Crippen molar-refractivity contribution in [2.24, 2.45) is 17.8 Å². The van der Waals surface area contributed by atoms with E-state index in [1.807, 2.05) is 24.3 Å². The molecule has 2 heterocycles. The highest BCUT2D eigenvalue weighted by Gasteiger charge is 2.38. The number of hydrogen-bond donors (Lipinski definition) is 6. The van der Waals surface area contributed by atoms with Crippen LogP contribution in [0, 0.1) is 29.6 Å². The number of rotatable bonds is 14. The summed E-state index contributed by atoms with van der Waals surface area (Å²) < 4.78 is 12.5. The molecule has 0 amide bonds. The van der Waals surface area contributed by atoms with Crippen molar-refractivity contribution >= 4 is 5.82 Å². The van der Waals surface area contributed by atoms with Crippen LogP contribution in [0.4, 0.5) is 5.82 Å². The molecule has 0 spiro atoms. The van der Waals surface area contributed by atoms with Gasteiger partial charge in [-0.25, -0.2) is 4.98 Å². The number of phenols is 1. The molecule has 0 radical (unpaired) electrons. The zero-order chi connectivity index (χ0) is 35.5. The number of aromatic nitrogens is 2. The maximum Gasteiger partial charge on any atom is 0.161 e. The number of nitrogen functional groups attached to an aromatic ring is 1. The Balaban J connectivity index is 1.42. The van der Waals surface area contributed by atoms with Crippen LogP contribution >= 0.6 is 0 Å². The Bertz CT molecular complexity index is 1570. The first kappa shape index (κ1) is 37.4. The van der Waals surface area contributed by atoms with Crippen molar-refractivity contribution in [3.8, 4) is 23.3 Å². The number of hydrogen-bond acceptors (Lipinski definition) is 9. The minimum Gasteiger partial charge on any atom is -0.668 e. The Hall–Kier alpha value is -3.85. The smallest absolute Gasteiger partial charge is 0.161 e. The summed E-state index contributed by atoms with van der Waals surface area (Å²) in [5, 5.41) is 53.3. The number of pyridine rings is 1. The van der Waals surface area contributed by atoms with Crippen LogP contribution in [0.15, 0.2) is 67.0 Å². The molecule has 50 heavy (non-hydrogen) atoms. The summed E-state index contributed by atoms with van der Waals surface area (Å²) in [7, 11) is 0. The van der Waals surface area contributed by atoms with E-state index < -0.39 is 24.9 Å². The van der Waals surface area contributed by atoms with E-state index in [0.29, 0.717) is 31.0 Å². The molecular formula is C40H52N3O7-. The van der Waals surface area contributed by atoms with Gasteiger partial charge in [0.25, 0.3) is 0 Å². The Morgan fingerprint density at radius 2 is 1.92 bits per heavy atom. The maximum atomic E-state index is 11.8. The van der Waals surface area contributed by atoms with E-state index in [4.69, 9.17) is 15.2 Å². The molecule has 7 N–H and O–H groups in total. The number of anilines is 1. The molecule has 0 bridgehead atoms. The van der Waals surface area contributed by atoms with Gasteiger partial charge in [0.05, 0.1) is 32.0 Å². The number of aromatic hydroxyl groups is 1. The zero-order valence-corrected chi connectivity index (χ0v) is 28.8. The molecule has 270 valence electrons. The van der Waals surface area contributed by atoms with Gasteiger partial charge in [-0.3, -0.25) is 0 Å². The van der Waals surface area contributed by atoms with Gasteiger partial charge in [0.2, 0.25) is 0 Å². The third-order valence-corrected chi connectivity index (χ3v) is 10.2. The highest BCUT2D eigenvalue weighted by atomic mass is 16.5. The van der Waals surface area contributed by atoms with Gasteiger partial charge in [0.1, 0.15) is 18.0 Å². The Morgan fingerprint density at radius 1 is 1.08 bits per heavy atom. The second kappa shape index (κ2) is 18.4. The topological polar surface area (TPSA) is 173 Å². The van der Waals surface area contributed by atoms with E-state index in [1.165, 1.54) is 0 Å². The zero-order valence-electron chi connectivity index (χ0n) is 28.8. The van der Waals surface area contributed by atoms with Gasteiger partial charge in [0.15, 0.2) is 11.5 Å². The number of ether oxygens (including phenoxy) is 2. The Kier molecular flexibility index (Phi) is 13.8. The first-order valence-electron chi connectivity index (χ1n) is 18.0. The molecule has 9 atom stereocenters. The molecule has 1 aromatic carbocycles. The molecule has 0 fully saturated rings. The van der Waals surface area contributed by atoms with Gasteiger partial charge in [-0.15, -0.1) is 0 Å². The van der Waals surface area contributed by atoms with Crippen LogP contribution in [0.3, 0.4) is 0 Å². The summed E-state index contributed by atoms with van der Waals surface area (Å²) in [6, 6.07) is 12.6. The molecule has 10 nitrogen and oxygen atoms in total. The van der Waals surface area contributed by atoms with Gasteiger partial charge in [-0.1, -0.05) is 62.0 Å². The van der Waals surface area contributed by atoms with Crippen LogP contribution in [0.25, 0.3) is 0 Å². The van der Waals surface area contributed by atoms with Crippen molar-refractivity contribution in [2.45, 2.75) is 94.5 Å². The van der Waals surface area contributed by atoms with E-state index in [-0.39, 0.29) is 54.5 Å². The van der Waals surface area contributed by atoms with Gasteiger partial charge in [-0.05, 0) is 79.8 Å². The van der Waals surface area contributed by atoms with Crippen molar-refractivity contribution in [1.82, 2.24) is 9.97 Å². The lowest BCUT2D eigenvalue weighted by atomic mass is 9.79. The molecular weight excluding hydrogens is 634 g/mol. The number of nitrogens with zero attached hydrogens (tertiary/aromatic N) is 2. The van der Waals surface area contributed by atoms with Crippen LogP contribution < -0.4 is 15.5 Å². The second-order valence-electron chi connectivity index (χ2n) is 13.6. The highest BCUT2D eigenvalue weighted by molar-refractivity contribution is 5.44.